The van der Waals surface area contributed by atoms with Gasteiger partial charge in [-0.05, 0) is 12.8 Å². The normalized spacial score (nSPS) is 24.3. The van der Waals surface area contributed by atoms with E-state index in [1.54, 1.807) is 10.9 Å². The third-order valence-corrected chi connectivity index (χ3v) is 3.54. The van der Waals surface area contributed by atoms with E-state index in [2.05, 4.69) is 15.2 Å². The number of aryl methyl sites for hydroxylation is 1. The molecular weight excluding hydrogens is 230 g/mol. The Morgan fingerprint density at radius 2 is 2.22 bits per heavy atom. The molecular formula is C12H17N5O. The Morgan fingerprint density at radius 1 is 1.39 bits per heavy atom. The predicted octanol–water partition coefficient (Wildman–Crippen LogP) is 1.45. The molecule has 0 radical (unpaired) electrons. The number of nitrogens with zero attached hydrogens (tertiary/aromatic N) is 4. The lowest BCUT2D eigenvalue weighted by molar-refractivity contribution is 0.290. The first-order valence-corrected chi connectivity index (χ1v) is 6.32. The van der Waals surface area contributed by atoms with Gasteiger partial charge in [0.25, 0.3) is 0 Å². The molecule has 0 amide bonds. The Bertz CT molecular complexity index is 532. The number of nitrogens with two attached hydrogens (primary N) is 1. The summed E-state index contributed by atoms with van der Waals surface area (Å²) in [5.41, 5.74) is 6.99. The molecule has 2 unspecified atom stereocenters. The van der Waals surface area contributed by atoms with Crippen molar-refractivity contribution in [3.8, 4) is 11.4 Å². The summed E-state index contributed by atoms with van der Waals surface area (Å²) in [5, 5.41) is 8.11. The van der Waals surface area contributed by atoms with Crippen LogP contribution in [0.4, 0.5) is 0 Å². The second kappa shape index (κ2) is 4.53. The first-order chi connectivity index (χ1) is 8.74. The molecule has 2 atom stereocenters. The lowest BCUT2D eigenvalue weighted by atomic mass is 9.85. The lowest BCUT2D eigenvalue weighted by Crippen LogP contribution is -2.31. The van der Waals surface area contributed by atoms with Crippen LogP contribution in [0, 0.1) is 0 Å². The zero-order valence-corrected chi connectivity index (χ0v) is 10.4. The molecule has 1 fully saturated rings. The molecule has 18 heavy (non-hydrogen) atoms. The van der Waals surface area contributed by atoms with Gasteiger partial charge in [0.1, 0.15) is 0 Å². The van der Waals surface area contributed by atoms with Gasteiger partial charge in [0.15, 0.2) is 0 Å². The minimum absolute atomic E-state index is 0.140. The Kier molecular flexibility index (Phi) is 2.87. The maximum absolute atomic E-state index is 6.12. The molecule has 1 saturated carbocycles. The molecule has 96 valence electrons. The molecule has 0 bridgehead atoms. The van der Waals surface area contributed by atoms with Crippen LogP contribution in [0.25, 0.3) is 11.4 Å². The van der Waals surface area contributed by atoms with Crippen molar-refractivity contribution < 1.29 is 4.52 Å². The van der Waals surface area contributed by atoms with Crippen LogP contribution in [0.3, 0.4) is 0 Å². The fourth-order valence-corrected chi connectivity index (χ4v) is 2.51. The van der Waals surface area contributed by atoms with E-state index >= 15 is 0 Å². The van der Waals surface area contributed by atoms with Crippen molar-refractivity contribution in [3.63, 3.8) is 0 Å². The van der Waals surface area contributed by atoms with Crippen molar-refractivity contribution >= 4 is 0 Å². The maximum Gasteiger partial charge on any atom is 0.231 e. The molecule has 0 spiro atoms. The van der Waals surface area contributed by atoms with Crippen LogP contribution >= 0.6 is 0 Å². The zero-order valence-electron chi connectivity index (χ0n) is 10.4. The average Bonchev–Trinajstić information content (AvgIpc) is 2.98. The average molecular weight is 247 g/mol. The van der Waals surface area contributed by atoms with Crippen LogP contribution in [0.2, 0.25) is 0 Å². The fourth-order valence-electron chi connectivity index (χ4n) is 2.51. The first kappa shape index (κ1) is 11.4. The van der Waals surface area contributed by atoms with Crippen LogP contribution in [-0.4, -0.2) is 26.0 Å². The lowest BCUT2D eigenvalue weighted by Gasteiger charge is -2.25. The molecule has 6 nitrogen and oxygen atoms in total. The van der Waals surface area contributed by atoms with E-state index in [0.29, 0.717) is 11.7 Å². The standard InChI is InChI=1S/C12H17N5O/c1-17-7-8(6-14-17)11-15-12(18-16-11)9-4-2-3-5-10(9)13/h6-7,9-10H,2-5,13H2,1H3. The second-order valence-corrected chi connectivity index (χ2v) is 4.91. The van der Waals surface area contributed by atoms with E-state index < -0.39 is 0 Å². The summed E-state index contributed by atoms with van der Waals surface area (Å²) < 4.78 is 7.08. The van der Waals surface area contributed by atoms with Crippen LogP contribution in [0.5, 0.6) is 0 Å². The third kappa shape index (κ3) is 2.03. The van der Waals surface area contributed by atoms with Crippen molar-refractivity contribution in [2.45, 2.75) is 37.6 Å². The number of aromatic nitrogens is 4. The van der Waals surface area contributed by atoms with Crippen molar-refractivity contribution in [1.29, 1.82) is 0 Å². The van der Waals surface area contributed by atoms with Gasteiger partial charge < -0.3 is 10.3 Å². The van der Waals surface area contributed by atoms with Gasteiger partial charge in [0.05, 0.1) is 17.7 Å². The van der Waals surface area contributed by atoms with Crippen molar-refractivity contribution in [2.75, 3.05) is 0 Å². The molecule has 6 heteroatoms. The molecule has 2 aromatic rings. The van der Waals surface area contributed by atoms with Crippen molar-refractivity contribution in [2.24, 2.45) is 12.8 Å². The smallest absolute Gasteiger partial charge is 0.231 e. The monoisotopic (exact) mass is 247 g/mol. The second-order valence-electron chi connectivity index (χ2n) is 4.91. The van der Waals surface area contributed by atoms with E-state index in [1.165, 1.54) is 12.8 Å². The first-order valence-electron chi connectivity index (χ1n) is 6.32. The molecule has 2 N–H and O–H groups in total. The highest BCUT2D eigenvalue weighted by Gasteiger charge is 2.28. The quantitative estimate of drug-likeness (QED) is 0.868. The third-order valence-electron chi connectivity index (χ3n) is 3.54. The van der Waals surface area contributed by atoms with Crippen molar-refractivity contribution in [1.82, 2.24) is 19.9 Å². The molecule has 1 aliphatic rings. The van der Waals surface area contributed by atoms with Gasteiger partial charge in [-0.25, -0.2) is 0 Å². The van der Waals surface area contributed by atoms with Gasteiger partial charge in [-0.3, -0.25) is 4.68 Å². The molecule has 3 rings (SSSR count). The van der Waals surface area contributed by atoms with Gasteiger partial charge in [-0.1, -0.05) is 18.0 Å². The Balaban J connectivity index is 1.84. The summed E-state index contributed by atoms with van der Waals surface area (Å²) in [7, 11) is 1.86. The highest BCUT2D eigenvalue weighted by Crippen LogP contribution is 2.31. The maximum atomic E-state index is 6.12. The summed E-state index contributed by atoms with van der Waals surface area (Å²) in [6.07, 6.45) is 8.06. The summed E-state index contributed by atoms with van der Waals surface area (Å²) >= 11 is 0. The summed E-state index contributed by atoms with van der Waals surface area (Å²) in [5.74, 6) is 1.47. The molecule has 0 saturated heterocycles. The Labute approximate surface area is 105 Å². The van der Waals surface area contributed by atoms with E-state index in [0.717, 1.165) is 18.4 Å². The minimum Gasteiger partial charge on any atom is -0.339 e. The van der Waals surface area contributed by atoms with E-state index in [9.17, 15) is 0 Å². The van der Waals surface area contributed by atoms with Crippen LogP contribution < -0.4 is 5.73 Å². The van der Waals surface area contributed by atoms with Crippen LogP contribution in [0.15, 0.2) is 16.9 Å². The topological polar surface area (TPSA) is 82.8 Å². The SMILES string of the molecule is Cn1cc(-c2noc(C3CCCCC3N)n2)cn1. The molecule has 0 aliphatic heterocycles. The molecule has 0 aromatic carbocycles. The minimum atomic E-state index is 0.140. The highest BCUT2D eigenvalue weighted by atomic mass is 16.5. The molecule has 2 heterocycles. The van der Waals surface area contributed by atoms with E-state index in [1.807, 2.05) is 13.2 Å². The van der Waals surface area contributed by atoms with Gasteiger partial charge in [0, 0.05) is 19.3 Å². The Hall–Kier alpha value is -1.69. The van der Waals surface area contributed by atoms with E-state index in [-0.39, 0.29) is 12.0 Å². The van der Waals surface area contributed by atoms with Gasteiger partial charge >= 0.3 is 0 Å². The predicted molar refractivity (Wildman–Crippen MR) is 65.7 cm³/mol. The number of hydrogen-bond donors (Lipinski definition) is 1. The summed E-state index contributed by atoms with van der Waals surface area (Å²) in [6.45, 7) is 0. The van der Waals surface area contributed by atoms with Crippen LogP contribution in [0.1, 0.15) is 37.5 Å². The summed E-state index contributed by atoms with van der Waals surface area (Å²) in [6, 6.07) is 0.140. The molecule has 2 aromatic heterocycles. The largest absolute Gasteiger partial charge is 0.339 e. The van der Waals surface area contributed by atoms with Gasteiger partial charge in [0.2, 0.25) is 11.7 Å². The van der Waals surface area contributed by atoms with Gasteiger partial charge in [-0.2, -0.15) is 10.1 Å². The van der Waals surface area contributed by atoms with Gasteiger partial charge in [-0.15, -0.1) is 0 Å². The van der Waals surface area contributed by atoms with Crippen LogP contribution in [-0.2, 0) is 7.05 Å². The van der Waals surface area contributed by atoms with E-state index in [4.69, 9.17) is 10.3 Å². The number of rotatable bonds is 2. The molecule has 1 aliphatic carbocycles. The van der Waals surface area contributed by atoms with Crippen molar-refractivity contribution in [3.05, 3.63) is 18.3 Å². The zero-order chi connectivity index (χ0) is 12.5. The summed E-state index contributed by atoms with van der Waals surface area (Å²) in [4.78, 5) is 4.46. The highest BCUT2D eigenvalue weighted by molar-refractivity contribution is 5.51. The number of hydrogen-bond acceptors (Lipinski definition) is 5. The Morgan fingerprint density at radius 3 is 2.94 bits per heavy atom. The fraction of sp³-hybridized carbons (Fsp3) is 0.583.